The Morgan fingerprint density at radius 2 is 1.86 bits per heavy atom. The normalized spacial score (nSPS) is 11.6. The summed E-state index contributed by atoms with van der Waals surface area (Å²) in [5.74, 6) is 0.686. The van der Waals surface area contributed by atoms with Gasteiger partial charge in [-0.25, -0.2) is 15.0 Å². The molecule has 0 aliphatic carbocycles. The van der Waals surface area contributed by atoms with E-state index in [0.717, 1.165) is 0 Å². The number of hydrogen-bond acceptors (Lipinski definition) is 10. The number of aromatic nitrogens is 6. The van der Waals surface area contributed by atoms with Gasteiger partial charge in [-0.1, -0.05) is 30.3 Å². The highest BCUT2D eigenvalue weighted by Crippen LogP contribution is 2.28. The quantitative estimate of drug-likeness (QED) is 0.361. The van der Waals surface area contributed by atoms with Gasteiger partial charge in [-0.2, -0.15) is 15.2 Å². The molecule has 0 fully saturated rings. The number of nitrogens with one attached hydrogen (secondary N) is 1. The first-order valence-electron chi connectivity index (χ1n) is 11.3. The maximum absolute atomic E-state index is 14.2. The van der Waals surface area contributed by atoms with Crippen LogP contribution in [0.4, 0.5) is 11.8 Å². The van der Waals surface area contributed by atoms with Crippen LogP contribution in [0, 0.1) is 11.3 Å². The minimum atomic E-state index is -0.540. The molecule has 0 spiro atoms. The van der Waals surface area contributed by atoms with E-state index in [9.17, 15) is 10.1 Å². The lowest BCUT2D eigenvalue weighted by Gasteiger charge is -2.21. The highest BCUT2D eigenvalue weighted by Gasteiger charge is 2.22. The van der Waals surface area contributed by atoms with Gasteiger partial charge in [0.2, 0.25) is 5.95 Å². The Balaban J connectivity index is 1.74. The van der Waals surface area contributed by atoms with Gasteiger partial charge in [-0.05, 0) is 31.2 Å². The fourth-order valence-corrected chi connectivity index (χ4v) is 4.02. The van der Waals surface area contributed by atoms with Gasteiger partial charge in [0.1, 0.15) is 23.3 Å². The number of nitrogen functional groups attached to an aromatic ring is 1. The molecule has 0 aliphatic heterocycles. The summed E-state index contributed by atoms with van der Waals surface area (Å²) in [4.78, 5) is 35.6. The molecule has 0 saturated heterocycles. The molecule has 0 amide bonds. The van der Waals surface area contributed by atoms with E-state index in [-0.39, 0.29) is 28.9 Å². The molecule has 0 unspecified atom stereocenters. The van der Waals surface area contributed by atoms with Gasteiger partial charge in [0.05, 0.1) is 41.6 Å². The molecule has 0 radical (unpaired) electrons. The molecule has 0 aliphatic rings. The molecule has 5 aromatic rings. The number of para-hydroxylation sites is 1. The smallest absolute Gasteiger partial charge is 0.316 e. The van der Waals surface area contributed by atoms with E-state index in [0.29, 0.717) is 33.7 Å². The summed E-state index contributed by atoms with van der Waals surface area (Å²) < 4.78 is 6.71. The third-order valence-corrected chi connectivity index (χ3v) is 5.70. The van der Waals surface area contributed by atoms with E-state index in [1.807, 2.05) is 55.5 Å². The molecule has 11 heteroatoms. The fourth-order valence-electron chi connectivity index (χ4n) is 4.02. The molecule has 2 aromatic carbocycles. The Hall–Kier alpha value is -5.37. The second-order valence-corrected chi connectivity index (χ2v) is 8.04. The van der Waals surface area contributed by atoms with Gasteiger partial charge in [0.15, 0.2) is 0 Å². The molecular formula is C26H21N9O2. The molecule has 5 rings (SSSR count). The maximum atomic E-state index is 14.2. The van der Waals surface area contributed by atoms with Crippen molar-refractivity contribution in [2.24, 2.45) is 0 Å². The summed E-state index contributed by atoms with van der Waals surface area (Å²) in [5.41, 5.74) is 7.93. The van der Waals surface area contributed by atoms with Gasteiger partial charge >= 0.3 is 6.01 Å². The summed E-state index contributed by atoms with van der Waals surface area (Å²) in [6.45, 7) is 1.83. The third kappa shape index (κ3) is 4.39. The van der Waals surface area contributed by atoms with Gasteiger partial charge in [-0.15, -0.1) is 0 Å². The van der Waals surface area contributed by atoms with Crippen molar-refractivity contribution >= 4 is 22.7 Å². The average Bonchev–Trinajstić information content (AvgIpc) is 2.93. The molecule has 11 nitrogen and oxygen atoms in total. The van der Waals surface area contributed by atoms with Crippen LogP contribution >= 0.6 is 0 Å². The Morgan fingerprint density at radius 1 is 1.05 bits per heavy atom. The van der Waals surface area contributed by atoms with Crippen molar-refractivity contribution in [1.29, 1.82) is 5.26 Å². The summed E-state index contributed by atoms with van der Waals surface area (Å²) in [7, 11) is 1.48. The van der Waals surface area contributed by atoms with Crippen LogP contribution in [-0.4, -0.2) is 36.6 Å². The molecular weight excluding hydrogens is 470 g/mol. The number of nitriles is 1. The van der Waals surface area contributed by atoms with Crippen LogP contribution in [0.25, 0.3) is 27.8 Å². The molecule has 3 N–H and O–H groups in total. The van der Waals surface area contributed by atoms with Gasteiger partial charge in [-0.3, -0.25) is 9.36 Å². The number of methoxy groups -OCH3 is 1. The van der Waals surface area contributed by atoms with E-state index in [1.54, 1.807) is 22.9 Å². The van der Waals surface area contributed by atoms with Crippen LogP contribution in [0.5, 0.6) is 6.01 Å². The van der Waals surface area contributed by atoms with Gasteiger partial charge in [0, 0.05) is 11.8 Å². The van der Waals surface area contributed by atoms with Gasteiger partial charge < -0.3 is 15.8 Å². The number of hydrogen-bond donors (Lipinski definition) is 2. The predicted octanol–water partition coefficient (Wildman–Crippen LogP) is 3.27. The molecule has 3 heterocycles. The summed E-state index contributed by atoms with van der Waals surface area (Å²) in [6.07, 6.45) is 2.92. The Bertz CT molecular complexity index is 1710. The van der Waals surface area contributed by atoms with Crippen LogP contribution in [0.2, 0.25) is 0 Å². The van der Waals surface area contributed by atoms with Crippen molar-refractivity contribution in [2.45, 2.75) is 13.0 Å². The summed E-state index contributed by atoms with van der Waals surface area (Å²) in [6, 6.07) is 18.0. The second-order valence-electron chi connectivity index (χ2n) is 8.04. The molecule has 0 bridgehead atoms. The number of anilines is 2. The van der Waals surface area contributed by atoms with Crippen LogP contribution in [0.3, 0.4) is 0 Å². The van der Waals surface area contributed by atoms with E-state index >= 15 is 0 Å². The van der Waals surface area contributed by atoms with Crippen LogP contribution in [-0.2, 0) is 0 Å². The number of rotatable bonds is 6. The van der Waals surface area contributed by atoms with Crippen LogP contribution in [0.1, 0.15) is 24.4 Å². The zero-order chi connectivity index (χ0) is 25.9. The van der Waals surface area contributed by atoms with Crippen molar-refractivity contribution in [2.75, 3.05) is 18.2 Å². The van der Waals surface area contributed by atoms with E-state index in [4.69, 9.17) is 15.5 Å². The van der Waals surface area contributed by atoms with Crippen molar-refractivity contribution in [3.63, 3.8) is 0 Å². The largest absolute Gasteiger partial charge is 0.467 e. The number of nitrogens with two attached hydrogens (primary N) is 1. The monoisotopic (exact) mass is 491 g/mol. The van der Waals surface area contributed by atoms with Crippen LogP contribution in [0.15, 0.2) is 71.8 Å². The molecule has 3 aromatic heterocycles. The number of ether oxygens (including phenoxy) is 1. The van der Waals surface area contributed by atoms with E-state index in [2.05, 4.69) is 25.3 Å². The Kier molecular flexibility index (Phi) is 6.13. The number of fused-ring (bicyclic) bond motifs is 1. The van der Waals surface area contributed by atoms with Crippen LogP contribution < -0.4 is 21.3 Å². The Morgan fingerprint density at radius 3 is 2.62 bits per heavy atom. The van der Waals surface area contributed by atoms with E-state index in [1.165, 1.54) is 13.3 Å². The lowest BCUT2D eigenvalue weighted by Crippen LogP contribution is -2.28. The van der Waals surface area contributed by atoms with Crippen molar-refractivity contribution in [3.05, 3.63) is 88.7 Å². The lowest BCUT2D eigenvalue weighted by molar-refractivity contribution is 0.380. The Labute approximate surface area is 211 Å². The summed E-state index contributed by atoms with van der Waals surface area (Å²) >= 11 is 0. The average molecular weight is 492 g/mol. The first kappa shape index (κ1) is 23.4. The van der Waals surface area contributed by atoms with Crippen molar-refractivity contribution in [1.82, 2.24) is 29.5 Å². The third-order valence-electron chi connectivity index (χ3n) is 5.70. The minimum absolute atomic E-state index is 0.0190. The van der Waals surface area contributed by atoms with Gasteiger partial charge in [0.25, 0.3) is 5.56 Å². The highest BCUT2D eigenvalue weighted by atomic mass is 16.5. The molecule has 0 saturated carbocycles. The zero-order valence-corrected chi connectivity index (χ0v) is 20.0. The molecule has 37 heavy (non-hydrogen) atoms. The molecule has 182 valence electrons. The first-order chi connectivity index (χ1) is 18.0. The maximum Gasteiger partial charge on any atom is 0.316 e. The number of nitrogens with zero attached hydrogens (tertiary/aromatic N) is 7. The van der Waals surface area contributed by atoms with Crippen molar-refractivity contribution < 1.29 is 4.74 Å². The first-order valence-corrected chi connectivity index (χ1v) is 11.3. The zero-order valence-electron chi connectivity index (χ0n) is 20.0. The standard InChI is InChI=1S/C26H21N9O2/c1-15(31-22-16(13-27)14-30-25(28)34-22)23-32-20-10-6-9-18(19-11-12-29-26(33-19)37-2)21(20)24(36)35(23)17-7-4-3-5-8-17/h3-12,14-15H,1-2H3,(H3,28,30,31,34)/t15-/m0/s1. The minimum Gasteiger partial charge on any atom is -0.467 e. The van der Waals surface area contributed by atoms with Crippen molar-refractivity contribution in [3.8, 4) is 29.0 Å². The lowest BCUT2D eigenvalue weighted by atomic mass is 10.1. The predicted molar refractivity (Wildman–Crippen MR) is 138 cm³/mol. The molecule has 1 atom stereocenters. The SMILES string of the molecule is COc1nccc(-c2cccc3nc([C@H](C)Nc4nc(N)ncc4C#N)n(-c4ccccc4)c(=O)c23)n1. The topological polar surface area (TPSA) is 158 Å². The second kappa shape index (κ2) is 9.71. The van der Waals surface area contributed by atoms with E-state index < -0.39 is 6.04 Å². The fraction of sp³-hybridized carbons (Fsp3) is 0.115. The number of benzene rings is 2. The summed E-state index contributed by atoms with van der Waals surface area (Å²) in [5, 5.41) is 13.1. The highest BCUT2D eigenvalue weighted by molar-refractivity contribution is 5.93.